The molecule has 0 saturated heterocycles. The summed E-state index contributed by atoms with van der Waals surface area (Å²) in [5, 5.41) is 14.3. The van der Waals surface area contributed by atoms with Crippen molar-refractivity contribution in [3.05, 3.63) is 70.3 Å². The van der Waals surface area contributed by atoms with E-state index in [0.717, 1.165) is 21.7 Å². The third-order valence-electron chi connectivity index (χ3n) is 3.00. The number of allylic oxidation sites excluding steroid dienone is 1. The molecule has 1 aromatic rings. The van der Waals surface area contributed by atoms with Gasteiger partial charge >= 0.3 is 5.97 Å². The van der Waals surface area contributed by atoms with Crippen molar-refractivity contribution in [1.29, 1.82) is 0 Å². The molecule has 3 nitrogen and oxygen atoms in total. The van der Waals surface area contributed by atoms with Crippen LogP contribution in [0.25, 0.3) is 11.8 Å². The van der Waals surface area contributed by atoms with E-state index in [0.29, 0.717) is 0 Å². The first kappa shape index (κ1) is 13.2. The molecule has 96 valence electrons. The molecule has 1 aliphatic carbocycles. The lowest BCUT2D eigenvalue weighted by atomic mass is 10.0. The smallest absolute Gasteiger partial charge is 0.337 e. The number of benzene rings is 1. The fraction of sp³-hybridized carbons (Fsp3) is 0. The lowest BCUT2D eigenvalue weighted by Crippen LogP contribution is -2.31. The Balaban J connectivity index is 0.00000133. The van der Waals surface area contributed by atoms with E-state index in [2.05, 4.69) is 5.32 Å². The zero-order valence-corrected chi connectivity index (χ0v) is 10.8. The molecular formula is C15H12ClNO2. The molecule has 0 spiro atoms. The van der Waals surface area contributed by atoms with Gasteiger partial charge in [-0.05, 0) is 16.9 Å². The predicted octanol–water partition coefficient (Wildman–Crippen LogP) is 1.06. The molecule has 0 atom stereocenters. The standard InChI is InChI=1S/C15H11NO2.ClH/c17-15(18)12-8-11-6-3-5-10-4-1-2-7-13(10)14(11)16-9-12;/h1-9,16H,(H,17,18);1H. The van der Waals surface area contributed by atoms with Gasteiger partial charge in [0, 0.05) is 11.4 Å². The Morgan fingerprint density at radius 2 is 2.00 bits per heavy atom. The molecule has 2 N–H and O–H groups in total. The van der Waals surface area contributed by atoms with Crippen LogP contribution in [0.3, 0.4) is 0 Å². The van der Waals surface area contributed by atoms with Crippen molar-refractivity contribution >= 4 is 30.1 Å². The summed E-state index contributed by atoms with van der Waals surface area (Å²) in [6.07, 6.45) is 9.07. The average Bonchev–Trinajstić information content (AvgIpc) is 2.57. The number of carbonyl (C=O) groups is 1. The Morgan fingerprint density at radius 3 is 2.79 bits per heavy atom. The van der Waals surface area contributed by atoms with Gasteiger partial charge in [-0.15, -0.1) is 12.4 Å². The Morgan fingerprint density at radius 1 is 1.21 bits per heavy atom. The van der Waals surface area contributed by atoms with Crippen molar-refractivity contribution in [2.45, 2.75) is 0 Å². The fourth-order valence-corrected chi connectivity index (χ4v) is 2.13. The summed E-state index contributed by atoms with van der Waals surface area (Å²) in [5.74, 6) is -0.927. The first-order chi connectivity index (χ1) is 8.75. The number of hydrogen-bond acceptors (Lipinski definition) is 2. The molecule has 0 bridgehead atoms. The molecule has 0 fully saturated rings. The Hall–Kier alpha value is -2.26. The number of halogens is 1. The first-order valence-electron chi connectivity index (χ1n) is 5.65. The maximum absolute atomic E-state index is 11.0. The zero-order chi connectivity index (χ0) is 12.5. The highest BCUT2D eigenvalue weighted by Crippen LogP contribution is 2.17. The van der Waals surface area contributed by atoms with Crippen molar-refractivity contribution in [1.82, 2.24) is 5.32 Å². The number of dihydropyridines is 1. The van der Waals surface area contributed by atoms with Gasteiger partial charge in [0.15, 0.2) is 0 Å². The molecule has 0 amide bonds. The molecular weight excluding hydrogens is 262 g/mol. The lowest BCUT2D eigenvalue weighted by molar-refractivity contribution is -0.132. The Kier molecular flexibility index (Phi) is 3.58. The normalized spacial score (nSPS) is 15.5. The third kappa shape index (κ3) is 2.33. The molecule has 0 saturated carbocycles. The largest absolute Gasteiger partial charge is 0.478 e. The summed E-state index contributed by atoms with van der Waals surface area (Å²) >= 11 is 0. The molecule has 0 aromatic heterocycles. The zero-order valence-electron chi connectivity index (χ0n) is 9.96. The maximum atomic E-state index is 11.0. The van der Waals surface area contributed by atoms with Crippen LogP contribution in [0.2, 0.25) is 0 Å². The molecule has 0 unspecified atom stereocenters. The summed E-state index contributed by atoms with van der Waals surface area (Å²) in [4.78, 5) is 11.0. The summed E-state index contributed by atoms with van der Waals surface area (Å²) in [6.45, 7) is 0. The Labute approximate surface area is 116 Å². The van der Waals surface area contributed by atoms with Crippen LogP contribution in [0.1, 0.15) is 0 Å². The van der Waals surface area contributed by atoms with Gasteiger partial charge in [0.25, 0.3) is 0 Å². The van der Waals surface area contributed by atoms with E-state index in [1.54, 1.807) is 6.08 Å². The van der Waals surface area contributed by atoms with Crippen LogP contribution in [0.4, 0.5) is 0 Å². The van der Waals surface area contributed by atoms with E-state index in [9.17, 15) is 4.79 Å². The topological polar surface area (TPSA) is 49.3 Å². The number of rotatable bonds is 1. The maximum Gasteiger partial charge on any atom is 0.337 e. The van der Waals surface area contributed by atoms with Crippen LogP contribution in [0.5, 0.6) is 0 Å². The highest BCUT2D eigenvalue weighted by Gasteiger charge is 2.14. The van der Waals surface area contributed by atoms with Crippen LogP contribution in [0, 0.1) is 0 Å². The number of fused-ring (bicyclic) bond motifs is 2. The van der Waals surface area contributed by atoms with Crippen molar-refractivity contribution in [2.75, 3.05) is 0 Å². The van der Waals surface area contributed by atoms with Crippen molar-refractivity contribution in [2.24, 2.45) is 0 Å². The number of hydrogen-bond donors (Lipinski definition) is 2. The van der Waals surface area contributed by atoms with E-state index < -0.39 is 5.97 Å². The number of aliphatic carboxylic acids is 1. The van der Waals surface area contributed by atoms with Gasteiger partial charge in [-0.1, -0.05) is 42.5 Å². The average molecular weight is 274 g/mol. The van der Waals surface area contributed by atoms with Gasteiger partial charge < -0.3 is 10.4 Å². The second-order valence-electron chi connectivity index (χ2n) is 4.14. The van der Waals surface area contributed by atoms with E-state index in [4.69, 9.17) is 5.11 Å². The monoisotopic (exact) mass is 273 g/mol. The summed E-state index contributed by atoms with van der Waals surface area (Å²) in [5.41, 5.74) is 2.09. The van der Waals surface area contributed by atoms with Gasteiger partial charge in [-0.3, -0.25) is 0 Å². The van der Waals surface area contributed by atoms with Gasteiger partial charge in [0.05, 0.1) is 11.3 Å². The van der Waals surface area contributed by atoms with Crippen molar-refractivity contribution in [3.8, 4) is 0 Å². The van der Waals surface area contributed by atoms with Crippen LogP contribution < -0.4 is 15.8 Å². The van der Waals surface area contributed by atoms with Crippen molar-refractivity contribution in [3.63, 3.8) is 0 Å². The SMILES string of the molecule is Cl.O=C(O)C1=CNC2=c3ccccc3=CC=CC2=C1. The van der Waals surface area contributed by atoms with E-state index in [-0.39, 0.29) is 18.0 Å². The van der Waals surface area contributed by atoms with Crippen LogP contribution in [-0.4, -0.2) is 11.1 Å². The van der Waals surface area contributed by atoms with Crippen LogP contribution in [0.15, 0.2) is 59.8 Å². The molecule has 19 heavy (non-hydrogen) atoms. The summed E-state index contributed by atoms with van der Waals surface area (Å²) < 4.78 is 0. The van der Waals surface area contributed by atoms with Gasteiger partial charge in [0.1, 0.15) is 0 Å². The molecule has 1 heterocycles. The highest BCUT2D eigenvalue weighted by molar-refractivity contribution is 5.93. The third-order valence-corrected chi connectivity index (χ3v) is 3.00. The number of carboxylic acid groups (broad SMARTS) is 1. The number of nitrogens with one attached hydrogen (secondary N) is 1. The highest BCUT2D eigenvalue weighted by atomic mass is 35.5. The molecule has 1 aliphatic heterocycles. The van der Waals surface area contributed by atoms with Gasteiger partial charge in [-0.25, -0.2) is 4.79 Å². The van der Waals surface area contributed by atoms with Crippen LogP contribution in [-0.2, 0) is 4.79 Å². The molecule has 1 aromatic carbocycles. The molecule has 4 heteroatoms. The van der Waals surface area contributed by atoms with Crippen molar-refractivity contribution < 1.29 is 9.90 Å². The van der Waals surface area contributed by atoms with Gasteiger partial charge in [0.2, 0.25) is 0 Å². The molecule has 0 radical (unpaired) electrons. The first-order valence-corrected chi connectivity index (χ1v) is 5.65. The van der Waals surface area contributed by atoms with Gasteiger partial charge in [-0.2, -0.15) is 0 Å². The summed E-state index contributed by atoms with van der Waals surface area (Å²) in [7, 11) is 0. The fourth-order valence-electron chi connectivity index (χ4n) is 2.13. The Bertz CT molecular complexity index is 742. The van der Waals surface area contributed by atoms with E-state index in [1.165, 1.54) is 6.20 Å². The minimum atomic E-state index is -0.927. The molecule has 2 aliphatic rings. The summed E-state index contributed by atoms with van der Waals surface area (Å²) in [6, 6.07) is 8.02. The quantitative estimate of drug-likeness (QED) is 0.805. The predicted molar refractivity (Wildman–Crippen MR) is 76.9 cm³/mol. The van der Waals surface area contributed by atoms with Crippen LogP contribution >= 0.6 is 12.4 Å². The minimum Gasteiger partial charge on any atom is -0.478 e. The van der Waals surface area contributed by atoms with E-state index in [1.807, 2.05) is 42.5 Å². The van der Waals surface area contributed by atoms with E-state index >= 15 is 0 Å². The second kappa shape index (κ2) is 5.16. The number of carboxylic acids is 1. The minimum absolute atomic E-state index is 0. The second-order valence-corrected chi connectivity index (χ2v) is 4.14. The molecule has 3 rings (SSSR count). The lowest BCUT2D eigenvalue weighted by Gasteiger charge is -2.14.